The van der Waals surface area contributed by atoms with Crippen LogP contribution in [0.15, 0.2) is 43.0 Å². The number of nitrogens with one attached hydrogen (secondary N) is 1. The van der Waals surface area contributed by atoms with Gasteiger partial charge in [-0.3, -0.25) is 4.79 Å². The molecular formula is C16H21N3O2. The molecule has 1 aromatic carbocycles. The van der Waals surface area contributed by atoms with Crippen LogP contribution in [0.2, 0.25) is 0 Å². The average molecular weight is 287 g/mol. The Bertz CT molecular complexity index is 549. The second kappa shape index (κ2) is 7.47. The number of carbonyl (C=O) groups excluding carboxylic acids is 1. The zero-order valence-corrected chi connectivity index (χ0v) is 12.5. The van der Waals surface area contributed by atoms with E-state index in [4.69, 9.17) is 4.74 Å². The molecule has 5 nitrogen and oxygen atoms in total. The molecule has 0 aliphatic rings. The fraction of sp³-hybridized carbons (Fsp3) is 0.375. The highest BCUT2D eigenvalue weighted by molar-refractivity contribution is 5.80. The van der Waals surface area contributed by atoms with E-state index in [1.54, 1.807) is 19.4 Å². The standard InChI is InChI=1S/C16H21N3O2/c1-13-4-6-15(7-5-13)21-14(2)16(20)18-8-3-10-19-11-9-17-12-19/h4-7,9,11-12,14H,3,8,10H2,1-2H3,(H,18,20)/t14-/m1/s1. The summed E-state index contributed by atoms with van der Waals surface area (Å²) in [5.74, 6) is 0.614. The Kier molecular flexibility index (Phi) is 5.37. The molecule has 5 heteroatoms. The van der Waals surface area contributed by atoms with Gasteiger partial charge in [0.15, 0.2) is 6.10 Å². The molecule has 0 fully saturated rings. The molecule has 21 heavy (non-hydrogen) atoms. The van der Waals surface area contributed by atoms with Crippen molar-refractivity contribution in [3.63, 3.8) is 0 Å². The first-order chi connectivity index (χ1) is 10.1. The molecule has 1 N–H and O–H groups in total. The lowest BCUT2D eigenvalue weighted by molar-refractivity contribution is -0.127. The van der Waals surface area contributed by atoms with Gasteiger partial charge >= 0.3 is 0 Å². The van der Waals surface area contributed by atoms with Crippen molar-refractivity contribution in [2.75, 3.05) is 6.54 Å². The monoisotopic (exact) mass is 287 g/mol. The number of rotatable bonds is 7. The summed E-state index contributed by atoms with van der Waals surface area (Å²) in [4.78, 5) is 15.9. The molecule has 0 aliphatic heterocycles. The molecule has 1 aromatic heterocycles. The summed E-state index contributed by atoms with van der Waals surface area (Å²) in [6, 6.07) is 7.67. The number of imidazole rings is 1. The number of benzene rings is 1. The van der Waals surface area contributed by atoms with Crippen molar-refractivity contribution in [1.82, 2.24) is 14.9 Å². The number of ether oxygens (including phenoxy) is 1. The van der Waals surface area contributed by atoms with Crippen LogP contribution in [0, 0.1) is 6.92 Å². The van der Waals surface area contributed by atoms with Crippen molar-refractivity contribution in [2.24, 2.45) is 0 Å². The molecule has 0 aliphatic carbocycles. The van der Waals surface area contributed by atoms with E-state index in [0.29, 0.717) is 12.3 Å². The Morgan fingerprint density at radius 2 is 2.14 bits per heavy atom. The first-order valence-electron chi connectivity index (χ1n) is 7.12. The van der Waals surface area contributed by atoms with E-state index in [-0.39, 0.29) is 5.91 Å². The second-order valence-electron chi connectivity index (χ2n) is 5.02. The van der Waals surface area contributed by atoms with Gasteiger partial charge in [0.1, 0.15) is 5.75 Å². The highest BCUT2D eigenvalue weighted by Gasteiger charge is 2.13. The maximum Gasteiger partial charge on any atom is 0.260 e. The normalized spacial score (nSPS) is 11.9. The number of hydrogen-bond donors (Lipinski definition) is 1. The Morgan fingerprint density at radius 1 is 1.38 bits per heavy atom. The molecule has 1 heterocycles. The fourth-order valence-corrected chi connectivity index (χ4v) is 1.91. The fourth-order valence-electron chi connectivity index (χ4n) is 1.91. The Morgan fingerprint density at radius 3 is 2.81 bits per heavy atom. The van der Waals surface area contributed by atoms with Crippen LogP contribution in [0.3, 0.4) is 0 Å². The Balaban J connectivity index is 1.68. The summed E-state index contributed by atoms with van der Waals surface area (Å²) >= 11 is 0. The molecule has 0 saturated carbocycles. The van der Waals surface area contributed by atoms with Crippen molar-refractivity contribution in [3.05, 3.63) is 48.5 Å². The molecule has 0 unspecified atom stereocenters. The summed E-state index contributed by atoms with van der Waals surface area (Å²) in [5.41, 5.74) is 1.17. The van der Waals surface area contributed by atoms with Gasteiger partial charge in [-0.25, -0.2) is 4.98 Å². The number of aryl methyl sites for hydroxylation is 2. The van der Waals surface area contributed by atoms with Crippen LogP contribution in [0.5, 0.6) is 5.75 Å². The third kappa shape index (κ3) is 4.95. The van der Waals surface area contributed by atoms with Gasteiger partial charge in [-0.05, 0) is 32.4 Å². The van der Waals surface area contributed by atoms with E-state index in [1.807, 2.05) is 42.0 Å². The van der Waals surface area contributed by atoms with E-state index >= 15 is 0 Å². The predicted molar refractivity (Wildman–Crippen MR) is 81.1 cm³/mol. The summed E-state index contributed by atoms with van der Waals surface area (Å²) < 4.78 is 7.59. The van der Waals surface area contributed by atoms with Crippen molar-refractivity contribution in [2.45, 2.75) is 32.9 Å². The lowest BCUT2D eigenvalue weighted by Gasteiger charge is -2.15. The predicted octanol–water partition coefficient (Wildman–Crippen LogP) is 2.17. The van der Waals surface area contributed by atoms with Crippen molar-refractivity contribution < 1.29 is 9.53 Å². The zero-order valence-electron chi connectivity index (χ0n) is 12.5. The molecule has 1 amide bonds. The number of carbonyl (C=O) groups is 1. The summed E-state index contributed by atoms with van der Waals surface area (Å²) in [6.45, 7) is 5.23. The van der Waals surface area contributed by atoms with Gasteiger partial charge in [0.05, 0.1) is 6.33 Å². The highest BCUT2D eigenvalue weighted by atomic mass is 16.5. The number of aromatic nitrogens is 2. The van der Waals surface area contributed by atoms with E-state index in [0.717, 1.165) is 13.0 Å². The summed E-state index contributed by atoms with van der Waals surface area (Å²) in [6.07, 6.45) is 5.78. The van der Waals surface area contributed by atoms with Crippen molar-refractivity contribution in [1.29, 1.82) is 0 Å². The largest absolute Gasteiger partial charge is 0.481 e. The van der Waals surface area contributed by atoms with E-state index in [1.165, 1.54) is 5.56 Å². The average Bonchev–Trinajstić information content (AvgIpc) is 2.99. The minimum atomic E-state index is -0.499. The van der Waals surface area contributed by atoms with Crippen LogP contribution in [0.1, 0.15) is 18.9 Å². The van der Waals surface area contributed by atoms with Gasteiger partial charge in [0.25, 0.3) is 5.91 Å². The molecule has 2 rings (SSSR count). The topological polar surface area (TPSA) is 56.1 Å². The molecule has 0 radical (unpaired) electrons. The molecule has 0 saturated heterocycles. The van der Waals surface area contributed by atoms with Crippen LogP contribution >= 0.6 is 0 Å². The third-order valence-electron chi connectivity index (χ3n) is 3.15. The lowest BCUT2D eigenvalue weighted by Crippen LogP contribution is -2.37. The van der Waals surface area contributed by atoms with Crippen LogP contribution in [0.4, 0.5) is 0 Å². The van der Waals surface area contributed by atoms with Gasteiger partial charge in [-0.1, -0.05) is 17.7 Å². The SMILES string of the molecule is Cc1ccc(O[C@H](C)C(=O)NCCCn2ccnc2)cc1. The van der Waals surface area contributed by atoms with Crippen molar-refractivity contribution in [3.8, 4) is 5.75 Å². The molecule has 0 spiro atoms. The van der Waals surface area contributed by atoms with Gasteiger partial charge in [-0.15, -0.1) is 0 Å². The van der Waals surface area contributed by atoms with Crippen LogP contribution in [0.25, 0.3) is 0 Å². The minimum Gasteiger partial charge on any atom is -0.481 e. The zero-order chi connectivity index (χ0) is 15.1. The number of amides is 1. The van der Waals surface area contributed by atoms with Crippen molar-refractivity contribution >= 4 is 5.91 Å². The van der Waals surface area contributed by atoms with Crippen LogP contribution in [-0.4, -0.2) is 28.1 Å². The molecule has 2 aromatic rings. The van der Waals surface area contributed by atoms with E-state index < -0.39 is 6.10 Å². The highest BCUT2D eigenvalue weighted by Crippen LogP contribution is 2.13. The third-order valence-corrected chi connectivity index (χ3v) is 3.15. The molecule has 0 bridgehead atoms. The van der Waals surface area contributed by atoms with Crippen LogP contribution < -0.4 is 10.1 Å². The second-order valence-corrected chi connectivity index (χ2v) is 5.02. The first-order valence-corrected chi connectivity index (χ1v) is 7.12. The minimum absolute atomic E-state index is 0.0961. The number of hydrogen-bond acceptors (Lipinski definition) is 3. The Hall–Kier alpha value is -2.30. The van der Waals surface area contributed by atoms with E-state index in [2.05, 4.69) is 10.3 Å². The van der Waals surface area contributed by atoms with E-state index in [9.17, 15) is 4.79 Å². The quantitative estimate of drug-likeness (QED) is 0.794. The lowest BCUT2D eigenvalue weighted by atomic mass is 10.2. The van der Waals surface area contributed by atoms with Gasteiger partial charge < -0.3 is 14.6 Å². The summed E-state index contributed by atoms with van der Waals surface area (Å²) in [7, 11) is 0. The smallest absolute Gasteiger partial charge is 0.260 e. The molecule has 112 valence electrons. The van der Waals surface area contributed by atoms with Gasteiger partial charge in [0, 0.05) is 25.5 Å². The number of nitrogens with zero attached hydrogens (tertiary/aromatic N) is 2. The first kappa shape index (κ1) is 15.1. The Labute approximate surface area is 125 Å². The summed E-state index contributed by atoms with van der Waals surface area (Å²) in [5, 5.41) is 2.88. The maximum absolute atomic E-state index is 11.9. The maximum atomic E-state index is 11.9. The van der Waals surface area contributed by atoms with Crippen LogP contribution in [-0.2, 0) is 11.3 Å². The molecule has 1 atom stereocenters. The van der Waals surface area contributed by atoms with Gasteiger partial charge in [0.2, 0.25) is 0 Å². The van der Waals surface area contributed by atoms with Gasteiger partial charge in [-0.2, -0.15) is 0 Å². The molecular weight excluding hydrogens is 266 g/mol.